The molecule has 0 bridgehead atoms. The average Bonchev–Trinajstić information content (AvgIpc) is 2.29. The Balaban J connectivity index is 2.37. The molecule has 1 heterocycles. The number of rotatable bonds is 5. The molecule has 0 aromatic heterocycles. The van der Waals surface area contributed by atoms with Gasteiger partial charge in [-0.25, -0.2) is 0 Å². The molecule has 1 heteroatoms. The maximum Gasteiger partial charge on any atom is 0.144 e. The van der Waals surface area contributed by atoms with Crippen molar-refractivity contribution in [1.29, 1.82) is 0 Å². The van der Waals surface area contributed by atoms with Gasteiger partial charge >= 0.3 is 0 Å². The zero-order valence-corrected chi connectivity index (χ0v) is 10.0. The lowest BCUT2D eigenvalue weighted by atomic mass is 9.37. The van der Waals surface area contributed by atoms with E-state index in [-0.39, 0.29) is 0 Å². The number of hydrogen-bond acceptors (Lipinski definition) is 0. The second-order valence-corrected chi connectivity index (χ2v) is 4.68. The molecule has 1 saturated heterocycles. The third kappa shape index (κ3) is 4.11. The van der Waals surface area contributed by atoms with Gasteiger partial charge in [-0.15, -0.1) is 0 Å². The standard InChI is InChI=1S/C14H23B/c1-4-7-14(6-3)12-15-10-8-13(5-2)9-11-15/h4,6-7,13H,1,3,5,8-12H2,2H3/b14-7+. The fraction of sp³-hybridized carbons (Fsp3) is 0.571. The molecular formula is C14H23B. The molecule has 0 radical (unpaired) electrons. The van der Waals surface area contributed by atoms with Crippen molar-refractivity contribution in [2.45, 2.75) is 45.1 Å². The van der Waals surface area contributed by atoms with E-state index in [1.54, 1.807) is 0 Å². The first kappa shape index (κ1) is 12.4. The SMILES string of the molecule is C=C/C=C(\C=C)CB1CCC(CC)CC1. The van der Waals surface area contributed by atoms with Gasteiger partial charge in [0.05, 0.1) is 0 Å². The minimum absolute atomic E-state index is 0.886. The molecule has 0 amide bonds. The van der Waals surface area contributed by atoms with Gasteiger partial charge in [0.25, 0.3) is 0 Å². The van der Waals surface area contributed by atoms with Gasteiger partial charge in [0.15, 0.2) is 0 Å². The van der Waals surface area contributed by atoms with Crippen LogP contribution in [0.15, 0.2) is 37.0 Å². The van der Waals surface area contributed by atoms with Crippen LogP contribution >= 0.6 is 0 Å². The molecule has 1 rings (SSSR count). The molecular weight excluding hydrogens is 179 g/mol. The maximum atomic E-state index is 3.86. The normalized spacial score (nSPS) is 19.0. The Hall–Kier alpha value is -0.715. The topological polar surface area (TPSA) is 0 Å². The van der Waals surface area contributed by atoms with Crippen LogP contribution in [-0.4, -0.2) is 6.71 Å². The van der Waals surface area contributed by atoms with E-state index in [0.717, 1.165) is 12.6 Å². The molecule has 0 unspecified atom stereocenters. The summed E-state index contributed by atoms with van der Waals surface area (Å²) in [6, 6.07) is 0. The highest BCUT2D eigenvalue weighted by Gasteiger charge is 2.22. The van der Waals surface area contributed by atoms with Crippen molar-refractivity contribution in [2.24, 2.45) is 5.92 Å². The van der Waals surface area contributed by atoms with Crippen LogP contribution in [-0.2, 0) is 0 Å². The highest BCUT2D eigenvalue weighted by molar-refractivity contribution is 6.59. The van der Waals surface area contributed by atoms with Gasteiger partial charge in [-0.3, -0.25) is 0 Å². The van der Waals surface area contributed by atoms with E-state index in [9.17, 15) is 0 Å². The van der Waals surface area contributed by atoms with Crippen LogP contribution in [0.25, 0.3) is 0 Å². The lowest BCUT2D eigenvalue weighted by molar-refractivity contribution is 0.457. The zero-order valence-electron chi connectivity index (χ0n) is 10.0. The molecule has 1 aliphatic rings. The molecule has 0 aromatic carbocycles. The Kier molecular flexibility index (Phi) is 5.53. The van der Waals surface area contributed by atoms with Gasteiger partial charge in [-0.05, 0) is 12.2 Å². The van der Waals surface area contributed by atoms with E-state index in [4.69, 9.17) is 0 Å². The second kappa shape index (κ2) is 6.71. The van der Waals surface area contributed by atoms with Crippen molar-refractivity contribution in [1.82, 2.24) is 0 Å². The minimum atomic E-state index is 0.886. The van der Waals surface area contributed by atoms with Crippen molar-refractivity contribution in [3.63, 3.8) is 0 Å². The fourth-order valence-corrected chi connectivity index (χ4v) is 2.55. The molecule has 0 aromatic rings. The van der Waals surface area contributed by atoms with Crippen LogP contribution in [0.2, 0.25) is 19.0 Å². The minimum Gasteiger partial charge on any atom is -0.0991 e. The van der Waals surface area contributed by atoms with Gasteiger partial charge in [-0.2, -0.15) is 0 Å². The van der Waals surface area contributed by atoms with Crippen LogP contribution < -0.4 is 0 Å². The quantitative estimate of drug-likeness (QED) is 0.451. The Morgan fingerprint density at radius 2 is 2.00 bits per heavy atom. The van der Waals surface area contributed by atoms with E-state index in [1.165, 1.54) is 43.8 Å². The van der Waals surface area contributed by atoms with Gasteiger partial charge in [0, 0.05) is 0 Å². The maximum absolute atomic E-state index is 3.86. The third-order valence-corrected chi connectivity index (χ3v) is 3.66. The van der Waals surface area contributed by atoms with Gasteiger partial charge in [-0.1, -0.05) is 75.8 Å². The molecule has 0 nitrogen and oxygen atoms in total. The molecule has 15 heavy (non-hydrogen) atoms. The highest BCUT2D eigenvalue weighted by Crippen LogP contribution is 2.30. The van der Waals surface area contributed by atoms with Crippen molar-refractivity contribution < 1.29 is 0 Å². The first-order valence-electron chi connectivity index (χ1n) is 6.24. The largest absolute Gasteiger partial charge is 0.144 e. The Labute approximate surface area is 95.2 Å². The summed E-state index contributed by atoms with van der Waals surface area (Å²) < 4.78 is 0. The van der Waals surface area contributed by atoms with Crippen LogP contribution in [0.3, 0.4) is 0 Å². The van der Waals surface area contributed by atoms with E-state index in [2.05, 4.69) is 26.2 Å². The highest BCUT2D eigenvalue weighted by atomic mass is 14.1. The molecule has 82 valence electrons. The fourth-order valence-electron chi connectivity index (χ4n) is 2.55. The summed E-state index contributed by atoms with van der Waals surface area (Å²) in [6.07, 6.45) is 14.2. The molecule has 0 saturated carbocycles. The van der Waals surface area contributed by atoms with Gasteiger partial charge in [0.2, 0.25) is 0 Å². The molecule has 0 aliphatic carbocycles. The van der Waals surface area contributed by atoms with Crippen LogP contribution in [0, 0.1) is 5.92 Å². The van der Waals surface area contributed by atoms with E-state index in [0.29, 0.717) is 0 Å². The average molecular weight is 202 g/mol. The third-order valence-electron chi connectivity index (χ3n) is 3.66. The second-order valence-electron chi connectivity index (χ2n) is 4.68. The predicted octanol–water partition coefficient (Wildman–Crippen LogP) is 4.60. The van der Waals surface area contributed by atoms with Crippen LogP contribution in [0.5, 0.6) is 0 Å². The molecule has 1 fully saturated rings. The van der Waals surface area contributed by atoms with Crippen molar-refractivity contribution in [3.05, 3.63) is 37.0 Å². The Morgan fingerprint density at radius 3 is 2.47 bits per heavy atom. The molecule has 0 atom stereocenters. The van der Waals surface area contributed by atoms with E-state index < -0.39 is 0 Å². The molecule has 0 N–H and O–H groups in total. The predicted molar refractivity (Wildman–Crippen MR) is 71.7 cm³/mol. The first-order chi connectivity index (χ1) is 7.30. The number of hydrogen-bond donors (Lipinski definition) is 0. The van der Waals surface area contributed by atoms with E-state index >= 15 is 0 Å². The summed E-state index contributed by atoms with van der Waals surface area (Å²) in [7, 11) is 0. The Morgan fingerprint density at radius 1 is 1.33 bits per heavy atom. The van der Waals surface area contributed by atoms with Crippen molar-refractivity contribution >= 4 is 6.71 Å². The monoisotopic (exact) mass is 202 g/mol. The van der Waals surface area contributed by atoms with Crippen molar-refractivity contribution in [3.8, 4) is 0 Å². The first-order valence-corrected chi connectivity index (χ1v) is 6.24. The van der Waals surface area contributed by atoms with E-state index in [1.807, 2.05) is 12.2 Å². The summed E-state index contributed by atoms with van der Waals surface area (Å²) in [4.78, 5) is 0. The van der Waals surface area contributed by atoms with Gasteiger partial charge < -0.3 is 0 Å². The lowest BCUT2D eigenvalue weighted by Crippen LogP contribution is -2.21. The lowest BCUT2D eigenvalue weighted by Gasteiger charge is -2.25. The summed E-state index contributed by atoms with van der Waals surface area (Å²) >= 11 is 0. The summed E-state index contributed by atoms with van der Waals surface area (Å²) in [5.74, 6) is 0.997. The Bertz CT molecular complexity index is 232. The molecule has 1 aliphatic heterocycles. The summed E-state index contributed by atoms with van der Waals surface area (Å²) in [6.45, 7) is 10.8. The van der Waals surface area contributed by atoms with Gasteiger partial charge in [0.1, 0.15) is 6.71 Å². The van der Waals surface area contributed by atoms with Crippen LogP contribution in [0.4, 0.5) is 0 Å². The summed E-state index contributed by atoms with van der Waals surface area (Å²) in [5, 5.41) is 0. The smallest absolute Gasteiger partial charge is 0.0991 e. The van der Waals surface area contributed by atoms with Crippen LogP contribution in [0.1, 0.15) is 26.2 Å². The number of allylic oxidation sites excluding steroid dienone is 4. The van der Waals surface area contributed by atoms with Crippen molar-refractivity contribution in [2.75, 3.05) is 0 Å². The zero-order chi connectivity index (χ0) is 11.1. The summed E-state index contributed by atoms with van der Waals surface area (Å²) in [5.41, 5.74) is 1.35. The molecule has 0 spiro atoms.